The van der Waals surface area contributed by atoms with Crippen LogP contribution < -0.4 is 5.46 Å². The van der Waals surface area contributed by atoms with E-state index in [1.807, 2.05) is 27.7 Å². The van der Waals surface area contributed by atoms with E-state index < -0.39 is 18.3 Å². The normalized spacial score (nSPS) is 21.3. The van der Waals surface area contributed by atoms with E-state index in [0.29, 0.717) is 5.56 Å². The molecule has 0 aliphatic carbocycles. The second kappa shape index (κ2) is 4.26. The maximum Gasteiger partial charge on any atom is 0.494 e. The van der Waals surface area contributed by atoms with Crippen LogP contribution in [-0.4, -0.2) is 28.5 Å². The SMILES string of the molecule is CC1(C)OB(c2ccc(O)c(CO)c2)OC1(C)C. The van der Waals surface area contributed by atoms with Crippen LogP contribution >= 0.6 is 0 Å². The Hall–Kier alpha value is -1.04. The van der Waals surface area contributed by atoms with Gasteiger partial charge in [-0.3, -0.25) is 0 Å². The fourth-order valence-electron chi connectivity index (χ4n) is 1.86. The van der Waals surface area contributed by atoms with E-state index in [2.05, 4.69) is 0 Å². The summed E-state index contributed by atoms with van der Waals surface area (Å²) in [5.41, 5.74) is 0.488. The first kappa shape index (κ1) is 13.4. The molecule has 0 radical (unpaired) electrons. The summed E-state index contributed by atoms with van der Waals surface area (Å²) in [4.78, 5) is 0. The summed E-state index contributed by atoms with van der Waals surface area (Å²) in [7, 11) is -0.471. The summed E-state index contributed by atoms with van der Waals surface area (Å²) in [6, 6.07) is 5.00. The van der Waals surface area contributed by atoms with Gasteiger partial charge in [0.2, 0.25) is 0 Å². The van der Waals surface area contributed by atoms with Crippen LogP contribution in [0.4, 0.5) is 0 Å². The van der Waals surface area contributed by atoms with Gasteiger partial charge in [0.15, 0.2) is 0 Å². The van der Waals surface area contributed by atoms with Crippen LogP contribution in [0.5, 0.6) is 5.75 Å². The highest BCUT2D eigenvalue weighted by molar-refractivity contribution is 6.62. The standard InChI is InChI=1S/C13H19BO4/c1-12(2)13(3,4)18-14(17-12)10-5-6-11(16)9(7-10)8-15/h5-7,15-16H,8H2,1-4H3. The minimum absolute atomic E-state index is 0.0813. The molecule has 18 heavy (non-hydrogen) atoms. The van der Waals surface area contributed by atoms with E-state index in [1.54, 1.807) is 18.2 Å². The van der Waals surface area contributed by atoms with Gasteiger partial charge in [-0.2, -0.15) is 0 Å². The van der Waals surface area contributed by atoms with Gasteiger partial charge in [0, 0.05) is 5.56 Å². The summed E-state index contributed by atoms with van der Waals surface area (Å²) in [5, 5.41) is 18.7. The Labute approximate surface area is 108 Å². The number of aromatic hydroxyl groups is 1. The highest BCUT2D eigenvalue weighted by Gasteiger charge is 2.51. The molecule has 0 bridgehead atoms. The van der Waals surface area contributed by atoms with Gasteiger partial charge >= 0.3 is 7.12 Å². The maximum atomic E-state index is 9.54. The van der Waals surface area contributed by atoms with Gasteiger partial charge in [-0.25, -0.2) is 0 Å². The third-order valence-electron chi connectivity index (χ3n) is 3.80. The van der Waals surface area contributed by atoms with Crippen molar-refractivity contribution in [3.05, 3.63) is 23.8 Å². The quantitative estimate of drug-likeness (QED) is 0.774. The van der Waals surface area contributed by atoms with Crippen LogP contribution in [0.3, 0.4) is 0 Å². The summed E-state index contributed by atoms with van der Waals surface area (Å²) in [6.45, 7) is 7.74. The van der Waals surface area contributed by atoms with Crippen molar-refractivity contribution in [2.24, 2.45) is 0 Å². The topological polar surface area (TPSA) is 58.9 Å². The first-order valence-corrected chi connectivity index (χ1v) is 6.05. The van der Waals surface area contributed by atoms with Gasteiger partial charge < -0.3 is 19.5 Å². The summed E-state index contributed by atoms with van der Waals surface area (Å²) in [6.07, 6.45) is 0. The fraction of sp³-hybridized carbons (Fsp3) is 0.538. The molecule has 0 aromatic heterocycles. The molecule has 0 amide bonds. The molecule has 0 atom stereocenters. The first-order valence-electron chi connectivity index (χ1n) is 6.05. The number of hydrogen-bond donors (Lipinski definition) is 2. The number of benzene rings is 1. The molecule has 2 rings (SSSR count). The van der Waals surface area contributed by atoms with Crippen LogP contribution in [-0.2, 0) is 15.9 Å². The molecular weight excluding hydrogens is 231 g/mol. The maximum absolute atomic E-state index is 9.54. The molecule has 98 valence electrons. The van der Waals surface area contributed by atoms with Crippen molar-refractivity contribution in [3.63, 3.8) is 0 Å². The molecule has 1 saturated heterocycles. The number of aliphatic hydroxyl groups is 1. The van der Waals surface area contributed by atoms with E-state index in [0.717, 1.165) is 5.46 Å². The van der Waals surface area contributed by atoms with Crippen LogP contribution in [0.2, 0.25) is 0 Å². The van der Waals surface area contributed by atoms with Crippen molar-refractivity contribution < 1.29 is 19.5 Å². The second-order valence-electron chi connectivity index (χ2n) is 5.63. The van der Waals surface area contributed by atoms with E-state index in [-0.39, 0.29) is 12.4 Å². The Morgan fingerprint density at radius 1 is 1.11 bits per heavy atom. The predicted octanol–water partition coefficient (Wildman–Crippen LogP) is 1.18. The summed E-state index contributed by atoms with van der Waals surface area (Å²) < 4.78 is 11.8. The van der Waals surface area contributed by atoms with Crippen molar-refractivity contribution in [1.29, 1.82) is 0 Å². The van der Waals surface area contributed by atoms with Crippen molar-refractivity contribution in [2.45, 2.75) is 45.5 Å². The van der Waals surface area contributed by atoms with Crippen LogP contribution in [0.15, 0.2) is 18.2 Å². The number of phenols is 1. The third kappa shape index (κ3) is 2.14. The van der Waals surface area contributed by atoms with Crippen molar-refractivity contribution in [3.8, 4) is 5.75 Å². The lowest BCUT2D eigenvalue weighted by molar-refractivity contribution is 0.00578. The van der Waals surface area contributed by atoms with Crippen molar-refractivity contribution in [2.75, 3.05) is 0 Å². The lowest BCUT2D eigenvalue weighted by Gasteiger charge is -2.32. The van der Waals surface area contributed by atoms with E-state index >= 15 is 0 Å². The molecule has 0 unspecified atom stereocenters. The first-order chi connectivity index (χ1) is 8.27. The number of rotatable bonds is 2. The minimum atomic E-state index is -0.471. The third-order valence-corrected chi connectivity index (χ3v) is 3.80. The van der Waals surface area contributed by atoms with Crippen LogP contribution in [0.25, 0.3) is 0 Å². The molecule has 5 heteroatoms. The predicted molar refractivity (Wildman–Crippen MR) is 69.7 cm³/mol. The largest absolute Gasteiger partial charge is 0.508 e. The van der Waals surface area contributed by atoms with E-state index in [9.17, 15) is 5.11 Å². The van der Waals surface area contributed by atoms with Crippen LogP contribution in [0.1, 0.15) is 33.3 Å². The molecule has 1 heterocycles. The second-order valence-corrected chi connectivity index (χ2v) is 5.63. The molecule has 2 N–H and O–H groups in total. The Morgan fingerprint density at radius 3 is 2.17 bits per heavy atom. The molecule has 1 aromatic rings. The van der Waals surface area contributed by atoms with Gasteiger partial charge in [-0.1, -0.05) is 12.1 Å². The Morgan fingerprint density at radius 2 is 1.67 bits per heavy atom. The summed E-state index contributed by atoms with van der Waals surface area (Å²) in [5.74, 6) is 0.0813. The zero-order chi connectivity index (χ0) is 13.6. The zero-order valence-electron chi connectivity index (χ0n) is 11.2. The number of aliphatic hydroxyl groups excluding tert-OH is 1. The summed E-state index contributed by atoms with van der Waals surface area (Å²) >= 11 is 0. The highest BCUT2D eigenvalue weighted by Crippen LogP contribution is 2.36. The fourth-order valence-corrected chi connectivity index (χ4v) is 1.86. The Kier molecular flexibility index (Phi) is 3.17. The van der Waals surface area contributed by atoms with Crippen LogP contribution in [0, 0.1) is 0 Å². The van der Waals surface area contributed by atoms with Gasteiger partial charge in [-0.15, -0.1) is 0 Å². The molecule has 0 spiro atoms. The molecule has 1 fully saturated rings. The molecule has 1 aromatic carbocycles. The van der Waals surface area contributed by atoms with Gasteiger partial charge in [0.1, 0.15) is 5.75 Å². The van der Waals surface area contributed by atoms with Gasteiger partial charge in [0.05, 0.1) is 17.8 Å². The zero-order valence-corrected chi connectivity index (χ0v) is 11.2. The Bertz CT molecular complexity index is 440. The average molecular weight is 250 g/mol. The van der Waals surface area contributed by atoms with Gasteiger partial charge in [-0.05, 0) is 39.2 Å². The average Bonchev–Trinajstić information content (AvgIpc) is 2.49. The van der Waals surface area contributed by atoms with Crippen molar-refractivity contribution >= 4 is 12.6 Å². The molecule has 0 saturated carbocycles. The van der Waals surface area contributed by atoms with E-state index in [1.165, 1.54) is 0 Å². The minimum Gasteiger partial charge on any atom is -0.508 e. The molecule has 1 aliphatic heterocycles. The molecule has 4 nitrogen and oxygen atoms in total. The molecular formula is C13H19BO4. The van der Waals surface area contributed by atoms with Crippen molar-refractivity contribution in [1.82, 2.24) is 0 Å². The lowest BCUT2D eigenvalue weighted by Crippen LogP contribution is -2.41. The van der Waals surface area contributed by atoms with E-state index in [4.69, 9.17) is 14.4 Å². The highest BCUT2D eigenvalue weighted by atomic mass is 16.7. The monoisotopic (exact) mass is 250 g/mol. The Balaban J connectivity index is 2.30. The lowest BCUT2D eigenvalue weighted by atomic mass is 9.78. The smallest absolute Gasteiger partial charge is 0.494 e. The number of hydrogen-bond acceptors (Lipinski definition) is 4. The van der Waals surface area contributed by atoms with Gasteiger partial charge in [0.25, 0.3) is 0 Å². The molecule has 1 aliphatic rings.